The van der Waals surface area contributed by atoms with Gasteiger partial charge < -0.3 is 10.1 Å². The molecule has 1 aliphatic carbocycles. The molecular weight excluding hydrogens is 318 g/mol. The molecule has 2 rings (SSSR count). The van der Waals surface area contributed by atoms with Gasteiger partial charge in [-0.05, 0) is 36.5 Å². The lowest BCUT2D eigenvalue weighted by Crippen LogP contribution is -2.27. The second kappa shape index (κ2) is 6.55. The monoisotopic (exact) mass is 331 g/mol. The topological polar surface area (TPSA) is 38.3 Å². The zero-order valence-corrected chi connectivity index (χ0v) is 12.3. The highest BCUT2D eigenvalue weighted by Crippen LogP contribution is 2.28. The summed E-state index contributed by atoms with van der Waals surface area (Å²) in [6.07, 6.45) is 2.46. The number of benzene rings is 1. The van der Waals surface area contributed by atoms with E-state index in [0.717, 1.165) is 10.0 Å². The molecule has 5 heteroatoms. The van der Waals surface area contributed by atoms with Crippen molar-refractivity contribution < 1.29 is 9.53 Å². The zero-order chi connectivity index (χ0) is 13.0. The fourth-order valence-corrected chi connectivity index (χ4v) is 2.25. The molecule has 1 aromatic carbocycles. The van der Waals surface area contributed by atoms with E-state index in [1.54, 1.807) is 0 Å². The van der Waals surface area contributed by atoms with E-state index >= 15 is 0 Å². The molecule has 0 unspecified atom stereocenters. The van der Waals surface area contributed by atoms with Gasteiger partial charge in [0.05, 0.1) is 6.61 Å². The molecule has 0 aromatic heterocycles. The third-order valence-corrected chi connectivity index (χ3v) is 3.62. The van der Waals surface area contributed by atoms with Crippen molar-refractivity contribution in [2.24, 2.45) is 5.92 Å². The van der Waals surface area contributed by atoms with E-state index in [4.69, 9.17) is 16.3 Å². The minimum absolute atomic E-state index is 0.102. The molecule has 0 atom stereocenters. The lowest BCUT2D eigenvalue weighted by atomic mass is 10.2. The van der Waals surface area contributed by atoms with Crippen LogP contribution in [0.15, 0.2) is 22.7 Å². The Balaban J connectivity index is 1.70. The molecule has 1 fully saturated rings. The summed E-state index contributed by atoms with van der Waals surface area (Å²) in [5.74, 6) is 0.577. The average molecular weight is 333 g/mol. The molecule has 0 heterocycles. The summed E-state index contributed by atoms with van der Waals surface area (Å²) in [7, 11) is 0. The maximum absolute atomic E-state index is 11.5. The van der Waals surface area contributed by atoms with Gasteiger partial charge in [-0.3, -0.25) is 4.79 Å². The lowest BCUT2D eigenvalue weighted by Gasteiger charge is -2.07. The molecule has 0 bridgehead atoms. The molecule has 1 saturated carbocycles. The Hall–Kier alpha value is -0.580. The molecule has 0 aliphatic heterocycles. The Kier molecular flexibility index (Phi) is 5.03. The molecule has 1 aliphatic rings. The third kappa shape index (κ3) is 4.59. The van der Waals surface area contributed by atoms with Gasteiger partial charge in [0.1, 0.15) is 6.61 Å². The van der Waals surface area contributed by atoms with Crippen LogP contribution in [0.1, 0.15) is 18.4 Å². The van der Waals surface area contributed by atoms with Gasteiger partial charge in [0.15, 0.2) is 0 Å². The molecule has 98 valence electrons. The van der Waals surface area contributed by atoms with E-state index in [1.165, 1.54) is 12.8 Å². The van der Waals surface area contributed by atoms with Gasteiger partial charge in [0, 0.05) is 16.0 Å². The molecule has 18 heavy (non-hydrogen) atoms. The highest BCUT2D eigenvalue weighted by Gasteiger charge is 2.21. The van der Waals surface area contributed by atoms with Crippen LogP contribution < -0.4 is 5.32 Å². The molecule has 0 radical (unpaired) electrons. The smallest absolute Gasteiger partial charge is 0.246 e. The molecule has 1 amide bonds. The minimum atomic E-state index is -0.102. The molecule has 1 aromatic rings. The van der Waals surface area contributed by atoms with Crippen molar-refractivity contribution in [2.45, 2.75) is 19.4 Å². The second-order valence-electron chi connectivity index (χ2n) is 4.47. The SMILES string of the molecule is O=C(COCC1CC1)NCc1ccc(Br)cc1Cl. The predicted octanol–water partition coefficient (Wildman–Crippen LogP) is 3.15. The van der Waals surface area contributed by atoms with Crippen LogP contribution >= 0.6 is 27.5 Å². The van der Waals surface area contributed by atoms with E-state index in [9.17, 15) is 4.79 Å². The van der Waals surface area contributed by atoms with Crippen molar-refractivity contribution in [2.75, 3.05) is 13.2 Å². The van der Waals surface area contributed by atoms with Gasteiger partial charge in [-0.15, -0.1) is 0 Å². The van der Waals surface area contributed by atoms with Crippen LogP contribution in [0.4, 0.5) is 0 Å². The van der Waals surface area contributed by atoms with Crippen LogP contribution in [0.2, 0.25) is 5.02 Å². The first-order valence-corrected chi connectivity index (χ1v) is 7.10. The largest absolute Gasteiger partial charge is 0.371 e. The summed E-state index contributed by atoms with van der Waals surface area (Å²) < 4.78 is 6.23. The highest BCUT2D eigenvalue weighted by atomic mass is 79.9. The van der Waals surface area contributed by atoms with Crippen molar-refractivity contribution in [3.63, 3.8) is 0 Å². The quantitative estimate of drug-likeness (QED) is 0.869. The van der Waals surface area contributed by atoms with E-state index in [0.29, 0.717) is 24.1 Å². The van der Waals surface area contributed by atoms with Crippen LogP contribution in [0.25, 0.3) is 0 Å². The Labute approximate surface area is 120 Å². The minimum Gasteiger partial charge on any atom is -0.371 e. The molecular formula is C13H15BrClNO2. The molecule has 3 nitrogen and oxygen atoms in total. The van der Waals surface area contributed by atoms with E-state index in [1.807, 2.05) is 18.2 Å². The summed E-state index contributed by atoms with van der Waals surface area (Å²) in [6.45, 7) is 1.26. The van der Waals surface area contributed by atoms with Crippen LogP contribution in [-0.4, -0.2) is 19.1 Å². The Morgan fingerprint density at radius 1 is 1.50 bits per heavy atom. The number of halogens is 2. The lowest BCUT2D eigenvalue weighted by molar-refractivity contribution is -0.126. The second-order valence-corrected chi connectivity index (χ2v) is 5.79. The number of rotatable bonds is 6. The van der Waals surface area contributed by atoms with Gasteiger partial charge in [-0.25, -0.2) is 0 Å². The van der Waals surface area contributed by atoms with Crippen molar-refractivity contribution >= 4 is 33.4 Å². The number of carbonyl (C=O) groups is 1. The summed E-state index contributed by atoms with van der Waals surface area (Å²) >= 11 is 9.39. The van der Waals surface area contributed by atoms with Gasteiger partial charge in [0.2, 0.25) is 5.91 Å². The zero-order valence-electron chi connectivity index (χ0n) is 9.92. The van der Waals surface area contributed by atoms with Crippen LogP contribution in [-0.2, 0) is 16.1 Å². The number of ether oxygens (including phenoxy) is 1. The van der Waals surface area contributed by atoms with Gasteiger partial charge in [-0.2, -0.15) is 0 Å². The van der Waals surface area contributed by atoms with E-state index in [-0.39, 0.29) is 12.5 Å². The summed E-state index contributed by atoms with van der Waals surface area (Å²) in [5, 5.41) is 3.43. The van der Waals surface area contributed by atoms with Gasteiger partial charge in [0.25, 0.3) is 0 Å². The van der Waals surface area contributed by atoms with Crippen molar-refractivity contribution in [1.29, 1.82) is 0 Å². The average Bonchev–Trinajstić information content (AvgIpc) is 3.12. The first-order valence-electron chi connectivity index (χ1n) is 5.93. The van der Waals surface area contributed by atoms with Crippen LogP contribution in [0.3, 0.4) is 0 Å². The Morgan fingerprint density at radius 2 is 2.28 bits per heavy atom. The van der Waals surface area contributed by atoms with Crippen LogP contribution in [0.5, 0.6) is 0 Å². The predicted molar refractivity (Wildman–Crippen MR) is 74.5 cm³/mol. The summed E-state index contributed by atoms with van der Waals surface area (Å²) in [6, 6.07) is 5.60. The Morgan fingerprint density at radius 3 is 2.94 bits per heavy atom. The number of nitrogens with one attached hydrogen (secondary N) is 1. The van der Waals surface area contributed by atoms with Crippen LogP contribution in [0, 0.1) is 5.92 Å². The number of amides is 1. The van der Waals surface area contributed by atoms with Gasteiger partial charge in [-0.1, -0.05) is 33.6 Å². The maximum Gasteiger partial charge on any atom is 0.246 e. The third-order valence-electron chi connectivity index (χ3n) is 2.77. The summed E-state index contributed by atoms with van der Waals surface area (Å²) in [5.41, 5.74) is 0.899. The molecule has 0 spiro atoms. The van der Waals surface area contributed by atoms with Crippen molar-refractivity contribution in [1.82, 2.24) is 5.32 Å². The fourth-order valence-electron chi connectivity index (χ4n) is 1.51. The molecule has 0 saturated heterocycles. The van der Waals surface area contributed by atoms with Crippen molar-refractivity contribution in [3.05, 3.63) is 33.3 Å². The molecule has 1 N–H and O–H groups in total. The maximum atomic E-state index is 11.5. The standard InChI is InChI=1S/C13H15BrClNO2/c14-11-4-3-10(12(15)5-11)6-16-13(17)8-18-7-9-1-2-9/h3-5,9H,1-2,6-8H2,(H,16,17). The first kappa shape index (κ1) is 13.8. The summed E-state index contributed by atoms with van der Waals surface area (Å²) in [4.78, 5) is 11.5. The number of hydrogen-bond donors (Lipinski definition) is 1. The van der Waals surface area contributed by atoms with E-state index < -0.39 is 0 Å². The van der Waals surface area contributed by atoms with E-state index in [2.05, 4.69) is 21.2 Å². The highest BCUT2D eigenvalue weighted by molar-refractivity contribution is 9.10. The van der Waals surface area contributed by atoms with Crippen molar-refractivity contribution in [3.8, 4) is 0 Å². The number of carbonyl (C=O) groups excluding carboxylic acids is 1. The normalized spacial score (nSPS) is 14.6. The number of hydrogen-bond acceptors (Lipinski definition) is 2. The first-order chi connectivity index (χ1) is 8.65. The Bertz CT molecular complexity index is 435. The fraction of sp³-hybridized carbons (Fsp3) is 0.462. The van der Waals surface area contributed by atoms with Gasteiger partial charge >= 0.3 is 0 Å².